The van der Waals surface area contributed by atoms with Crippen LogP contribution in [0.25, 0.3) is 10.9 Å². The predicted octanol–water partition coefficient (Wildman–Crippen LogP) is 3.03. The summed E-state index contributed by atoms with van der Waals surface area (Å²) >= 11 is 0. The fourth-order valence-electron chi connectivity index (χ4n) is 1.73. The molecule has 1 heterocycles. The lowest BCUT2D eigenvalue weighted by molar-refractivity contribution is -0.153. The smallest absolute Gasteiger partial charge is 0.422 e. The molecule has 1 N–H and O–H groups in total. The first-order valence-corrected chi connectivity index (χ1v) is 5.74. The van der Waals surface area contributed by atoms with Crippen LogP contribution in [0.4, 0.5) is 13.2 Å². The summed E-state index contributed by atoms with van der Waals surface area (Å²) in [4.78, 5) is 14.9. The van der Waals surface area contributed by atoms with Crippen molar-refractivity contribution >= 4 is 10.9 Å². The first-order valence-electron chi connectivity index (χ1n) is 5.74. The zero-order valence-corrected chi connectivity index (χ0v) is 10.2. The molecule has 0 aliphatic rings. The summed E-state index contributed by atoms with van der Waals surface area (Å²) in [5.41, 5.74) is 1.13. The van der Waals surface area contributed by atoms with E-state index >= 15 is 0 Å². The highest BCUT2D eigenvalue weighted by Gasteiger charge is 2.28. The highest BCUT2D eigenvalue weighted by atomic mass is 19.4. The zero-order chi connectivity index (χ0) is 14.0. The molecule has 0 radical (unpaired) electrons. The van der Waals surface area contributed by atoms with E-state index in [2.05, 4.69) is 9.72 Å². The number of aromatic nitrogens is 1. The molecular weight excluding hydrogens is 259 g/mol. The van der Waals surface area contributed by atoms with Gasteiger partial charge in [0.2, 0.25) is 0 Å². The summed E-state index contributed by atoms with van der Waals surface area (Å²) in [6.45, 7) is 0.529. The van der Waals surface area contributed by atoms with E-state index < -0.39 is 12.8 Å². The summed E-state index contributed by atoms with van der Waals surface area (Å²) in [6.07, 6.45) is -3.72. The van der Waals surface area contributed by atoms with E-state index in [4.69, 9.17) is 0 Å². The maximum absolute atomic E-state index is 12.0. The van der Waals surface area contributed by atoms with Crippen LogP contribution in [0.3, 0.4) is 0 Å². The molecule has 3 nitrogen and oxygen atoms in total. The van der Waals surface area contributed by atoms with Gasteiger partial charge in [0.05, 0.1) is 0 Å². The Balaban J connectivity index is 2.36. The molecule has 0 aliphatic carbocycles. The van der Waals surface area contributed by atoms with Crippen molar-refractivity contribution in [1.82, 2.24) is 4.98 Å². The first-order chi connectivity index (χ1) is 8.89. The molecular formula is C13H12F3NO2. The molecule has 1 aromatic carbocycles. The van der Waals surface area contributed by atoms with Gasteiger partial charge in [-0.15, -0.1) is 0 Å². The third kappa shape index (κ3) is 3.27. The second-order valence-corrected chi connectivity index (χ2v) is 4.12. The molecule has 0 spiro atoms. The van der Waals surface area contributed by atoms with E-state index in [1.807, 2.05) is 6.92 Å². The molecule has 0 amide bonds. The lowest BCUT2D eigenvalue weighted by atomic mass is 10.1. The average molecular weight is 271 g/mol. The van der Waals surface area contributed by atoms with Gasteiger partial charge in [0, 0.05) is 22.7 Å². The zero-order valence-electron chi connectivity index (χ0n) is 10.2. The van der Waals surface area contributed by atoms with Crippen molar-refractivity contribution in [2.24, 2.45) is 0 Å². The maximum atomic E-state index is 12.0. The standard InChI is InChI=1S/C13H12F3NO2/c1-2-8-5-12(18)10-6-9(3-4-11(10)17-8)19-7-13(14,15)16/h3-6H,2,7H2,1H3,(H,17,18). The van der Waals surface area contributed by atoms with Crippen LogP contribution in [0.2, 0.25) is 0 Å². The minimum atomic E-state index is -4.40. The minimum Gasteiger partial charge on any atom is -0.484 e. The molecule has 0 fully saturated rings. The number of hydrogen-bond donors (Lipinski definition) is 1. The van der Waals surface area contributed by atoms with Gasteiger partial charge in [-0.2, -0.15) is 13.2 Å². The van der Waals surface area contributed by atoms with Crippen molar-refractivity contribution in [3.63, 3.8) is 0 Å². The Bertz CT molecular complexity index is 646. The fraction of sp³-hybridized carbons (Fsp3) is 0.308. The van der Waals surface area contributed by atoms with Crippen molar-refractivity contribution < 1.29 is 17.9 Å². The van der Waals surface area contributed by atoms with Gasteiger partial charge in [0.1, 0.15) is 5.75 Å². The molecule has 0 saturated carbocycles. The lowest BCUT2D eigenvalue weighted by Gasteiger charge is -2.10. The number of nitrogens with one attached hydrogen (secondary N) is 1. The Morgan fingerprint density at radius 2 is 2.00 bits per heavy atom. The highest BCUT2D eigenvalue weighted by Crippen LogP contribution is 2.21. The predicted molar refractivity (Wildman–Crippen MR) is 65.5 cm³/mol. The van der Waals surface area contributed by atoms with Crippen LogP contribution in [0.5, 0.6) is 5.75 Å². The van der Waals surface area contributed by atoms with Crippen molar-refractivity contribution in [2.45, 2.75) is 19.5 Å². The van der Waals surface area contributed by atoms with Gasteiger partial charge in [-0.05, 0) is 24.6 Å². The summed E-state index contributed by atoms with van der Waals surface area (Å²) in [7, 11) is 0. The summed E-state index contributed by atoms with van der Waals surface area (Å²) < 4.78 is 40.7. The molecule has 19 heavy (non-hydrogen) atoms. The van der Waals surface area contributed by atoms with Crippen molar-refractivity contribution in [3.05, 3.63) is 40.2 Å². The van der Waals surface area contributed by atoms with Gasteiger partial charge < -0.3 is 9.72 Å². The SMILES string of the molecule is CCc1cc(=O)c2cc(OCC(F)(F)F)ccc2[nH]1. The van der Waals surface area contributed by atoms with E-state index in [0.717, 1.165) is 5.69 Å². The fourth-order valence-corrected chi connectivity index (χ4v) is 1.73. The number of H-pyrrole nitrogens is 1. The lowest BCUT2D eigenvalue weighted by Crippen LogP contribution is -2.19. The second-order valence-electron chi connectivity index (χ2n) is 4.12. The normalized spacial score (nSPS) is 11.8. The molecule has 0 aliphatic heterocycles. The van der Waals surface area contributed by atoms with Gasteiger partial charge >= 0.3 is 6.18 Å². The third-order valence-electron chi connectivity index (χ3n) is 2.64. The van der Waals surface area contributed by atoms with Crippen LogP contribution in [0.1, 0.15) is 12.6 Å². The largest absolute Gasteiger partial charge is 0.484 e. The van der Waals surface area contributed by atoms with Crippen molar-refractivity contribution in [2.75, 3.05) is 6.61 Å². The van der Waals surface area contributed by atoms with Gasteiger partial charge in [-0.1, -0.05) is 6.92 Å². The molecule has 0 saturated heterocycles. The van der Waals surface area contributed by atoms with E-state index in [1.165, 1.54) is 18.2 Å². The van der Waals surface area contributed by atoms with Gasteiger partial charge in [-0.3, -0.25) is 4.79 Å². The first kappa shape index (κ1) is 13.5. The second kappa shape index (κ2) is 4.95. The number of benzene rings is 1. The molecule has 2 rings (SSSR count). The summed E-state index contributed by atoms with van der Waals surface area (Å²) in [5.74, 6) is 0.0274. The number of fused-ring (bicyclic) bond motifs is 1. The quantitative estimate of drug-likeness (QED) is 0.932. The molecule has 1 aromatic heterocycles. The van der Waals surface area contributed by atoms with Crippen LogP contribution in [-0.2, 0) is 6.42 Å². The Morgan fingerprint density at radius 1 is 1.26 bits per heavy atom. The highest BCUT2D eigenvalue weighted by molar-refractivity contribution is 5.80. The van der Waals surface area contributed by atoms with Crippen LogP contribution in [0.15, 0.2) is 29.1 Å². The van der Waals surface area contributed by atoms with Gasteiger partial charge in [0.15, 0.2) is 12.0 Å². The van der Waals surface area contributed by atoms with E-state index in [-0.39, 0.29) is 11.2 Å². The van der Waals surface area contributed by atoms with E-state index in [9.17, 15) is 18.0 Å². The van der Waals surface area contributed by atoms with Gasteiger partial charge in [-0.25, -0.2) is 0 Å². The van der Waals surface area contributed by atoms with Crippen LogP contribution >= 0.6 is 0 Å². The molecule has 0 atom stereocenters. The van der Waals surface area contributed by atoms with Crippen molar-refractivity contribution in [3.8, 4) is 5.75 Å². The number of alkyl halides is 3. The molecule has 6 heteroatoms. The number of aryl methyl sites for hydroxylation is 1. The minimum absolute atomic E-state index is 0.0274. The van der Waals surface area contributed by atoms with Crippen LogP contribution in [0, 0.1) is 0 Å². The number of aromatic amines is 1. The summed E-state index contributed by atoms with van der Waals surface area (Å²) in [5, 5.41) is 0.317. The monoisotopic (exact) mass is 271 g/mol. The Kier molecular flexibility index (Phi) is 3.50. The van der Waals surface area contributed by atoms with Crippen LogP contribution < -0.4 is 10.2 Å². The Hall–Kier alpha value is -1.98. The van der Waals surface area contributed by atoms with E-state index in [0.29, 0.717) is 17.3 Å². The Morgan fingerprint density at radius 3 is 2.63 bits per heavy atom. The topological polar surface area (TPSA) is 42.1 Å². The molecule has 102 valence electrons. The molecule has 2 aromatic rings. The third-order valence-corrected chi connectivity index (χ3v) is 2.64. The number of ether oxygens (including phenoxy) is 1. The van der Waals surface area contributed by atoms with E-state index in [1.54, 1.807) is 6.07 Å². The van der Waals surface area contributed by atoms with Gasteiger partial charge in [0.25, 0.3) is 0 Å². The maximum Gasteiger partial charge on any atom is 0.422 e. The molecule has 0 bridgehead atoms. The number of rotatable bonds is 3. The summed E-state index contributed by atoms with van der Waals surface area (Å²) in [6, 6.07) is 5.71. The Labute approximate surface area is 107 Å². The average Bonchev–Trinajstić information content (AvgIpc) is 2.35. The number of halogens is 3. The number of hydrogen-bond acceptors (Lipinski definition) is 2. The molecule has 0 unspecified atom stereocenters. The number of pyridine rings is 1. The van der Waals surface area contributed by atoms with Crippen molar-refractivity contribution in [1.29, 1.82) is 0 Å². The van der Waals surface area contributed by atoms with Crippen LogP contribution in [-0.4, -0.2) is 17.8 Å².